The summed E-state index contributed by atoms with van der Waals surface area (Å²) in [5.74, 6) is -0.0673. The van der Waals surface area contributed by atoms with E-state index in [1.54, 1.807) is 29.4 Å². The average Bonchev–Trinajstić information content (AvgIpc) is 2.77. The van der Waals surface area contributed by atoms with Crippen molar-refractivity contribution < 1.29 is 4.79 Å². The van der Waals surface area contributed by atoms with Gasteiger partial charge in [-0.05, 0) is 43.7 Å². The Morgan fingerprint density at radius 2 is 1.91 bits per heavy atom. The maximum Gasteiger partial charge on any atom is 0.221 e. The molecule has 1 aromatic carbocycles. The molecule has 2 aromatic heterocycles. The average molecular weight is 329 g/mol. The van der Waals surface area contributed by atoms with Crippen LogP contribution in [0.25, 0.3) is 10.2 Å². The molecular weight excluding hydrogens is 314 g/mol. The van der Waals surface area contributed by atoms with Crippen molar-refractivity contribution in [1.82, 2.24) is 9.97 Å². The highest BCUT2D eigenvalue weighted by molar-refractivity contribution is 7.99. The molecule has 0 atom stereocenters. The van der Waals surface area contributed by atoms with Crippen molar-refractivity contribution >= 4 is 44.9 Å². The summed E-state index contributed by atoms with van der Waals surface area (Å²) < 4.78 is 0. The summed E-state index contributed by atoms with van der Waals surface area (Å²) >= 11 is 3.32. The van der Waals surface area contributed by atoms with Gasteiger partial charge in [-0.25, -0.2) is 9.97 Å². The number of benzene rings is 1. The van der Waals surface area contributed by atoms with Gasteiger partial charge in [-0.1, -0.05) is 11.8 Å². The number of thiophene rings is 1. The van der Waals surface area contributed by atoms with Gasteiger partial charge >= 0.3 is 0 Å². The molecule has 0 radical (unpaired) electrons. The minimum atomic E-state index is -0.0673. The normalized spacial score (nSPS) is 10.9. The fourth-order valence-electron chi connectivity index (χ4n) is 2.15. The molecule has 0 saturated heterocycles. The zero-order valence-corrected chi connectivity index (χ0v) is 14.1. The molecule has 0 aliphatic heterocycles. The molecular formula is C16H15N3OS2. The van der Waals surface area contributed by atoms with Gasteiger partial charge in [0.2, 0.25) is 5.91 Å². The van der Waals surface area contributed by atoms with Crippen LogP contribution in [0.4, 0.5) is 5.69 Å². The molecule has 0 fully saturated rings. The van der Waals surface area contributed by atoms with Crippen molar-refractivity contribution in [3.63, 3.8) is 0 Å². The van der Waals surface area contributed by atoms with E-state index in [9.17, 15) is 4.79 Å². The SMILES string of the molecule is CC(=O)Nc1ccc(Sc2ncnc3sc(C)c(C)c23)cc1. The molecule has 3 rings (SSSR count). The maximum atomic E-state index is 11.0. The lowest BCUT2D eigenvalue weighted by Crippen LogP contribution is -2.05. The summed E-state index contributed by atoms with van der Waals surface area (Å²) in [7, 11) is 0. The molecule has 1 N–H and O–H groups in total. The minimum Gasteiger partial charge on any atom is -0.326 e. The number of amides is 1. The van der Waals surface area contributed by atoms with E-state index in [-0.39, 0.29) is 5.91 Å². The molecule has 1 amide bonds. The number of aromatic nitrogens is 2. The van der Waals surface area contributed by atoms with Crippen LogP contribution in [0.5, 0.6) is 0 Å². The number of carbonyl (C=O) groups is 1. The highest BCUT2D eigenvalue weighted by atomic mass is 32.2. The maximum absolute atomic E-state index is 11.0. The van der Waals surface area contributed by atoms with E-state index in [0.29, 0.717) is 0 Å². The fraction of sp³-hybridized carbons (Fsp3) is 0.188. The first-order valence-corrected chi connectivity index (χ1v) is 8.44. The molecule has 6 heteroatoms. The van der Waals surface area contributed by atoms with Crippen molar-refractivity contribution in [1.29, 1.82) is 0 Å². The Balaban J connectivity index is 1.91. The van der Waals surface area contributed by atoms with E-state index >= 15 is 0 Å². The largest absolute Gasteiger partial charge is 0.326 e. The van der Waals surface area contributed by atoms with Crippen LogP contribution in [0, 0.1) is 13.8 Å². The van der Waals surface area contributed by atoms with Crippen LogP contribution in [0.2, 0.25) is 0 Å². The van der Waals surface area contributed by atoms with E-state index in [4.69, 9.17) is 0 Å². The molecule has 112 valence electrons. The Morgan fingerprint density at radius 3 is 2.59 bits per heavy atom. The lowest BCUT2D eigenvalue weighted by Gasteiger charge is -2.05. The van der Waals surface area contributed by atoms with Gasteiger partial charge in [-0.2, -0.15) is 0 Å². The van der Waals surface area contributed by atoms with Crippen LogP contribution in [-0.2, 0) is 4.79 Å². The van der Waals surface area contributed by atoms with E-state index in [0.717, 1.165) is 25.8 Å². The minimum absolute atomic E-state index is 0.0673. The molecule has 0 aliphatic carbocycles. The van der Waals surface area contributed by atoms with Gasteiger partial charge in [0, 0.05) is 27.8 Å². The first-order chi connectivity index (χ1) is 10.5. The first kappa shape index (κ1) is 15.0. The number of carbonyl (C=O) groups excluding carboxylic acids is 1. The molecule has 4 nitrogen and oxygen atoms in total. The quantitative estimate of drug-likeness (QED) is 0.723. The molecule has 0 saturated carbocycles. The Bertz CT molecular complexity index is 840. The zero-order valence-electron chi connectivity index (χ0n) is 12.5. The second-order valence-corrected chi connectivity index (χ2v) is 7.22. The third kappa shape index (κ3) is 2.98. The molecule has 3 aromatic rings. The Labute approximate surface area is 137 Å². The van der Waals surface area contributed by atoms with Gasteiger partial charge in [0.15, 0.2) is 0 Å². The smallest absolute Gasteiger partial charge is 0.221 e. The van der Waals surface area contributed by atoms with Gasteiger partial charge in [0.1, 0.15) is 16.2 Å². The van der Waals surface area contributed by atoms with E-state index < -0.39 is 0 Å². The summed E-state index contributed by atoms with van der Waals surface area (Å²) in [5, 5.41) is 4.88. The van der Waals surface area contributed by atoms with Gasteiger partial charge in [-0.3, -0.25) is 4.79 Å². The van der Waals surface area contributed by atoms with Crippen LogP contribution < -0.4 is 5.32 Å². The number of rotatable bonds is 3. The summed E-state index contributed by atoms with van der Waals surface area (Å²) in [4.78, 5) is 23.2. The lowest BCUT2D eigenvalue weighted by atomic mass is 10.2. The van der Waals surface area contributed by atoms with Crippen LogP contribution in [0.3, 0.4) is 0 Å². The van der Waals surface area contributed by atoms with Crippen LogP contribution in [0.15, 0.2) is 40.5 Å². The van der Waals surface area contributed by atoms with Gasteiger partial charge in [-0.15, -0.1) is 11.3 Å². The van der Waals surface area contributed by atoms with Gasteiger partial charge in [0.25, 0.3) is 0 Å². The summed E-state index contributed by atoms with van der Waals surface area (Å²) in [6.07, 6.45) is 1.62. The molecule has 0 unspecified atom stereocenters. The third-order valence-electron chi connectivity index (χ3n) is 3.32. The van der Waals surface area contributed by atoms with Crippen molar-refractivity contribution in [2.45, 2.75) is 30.7 Å². The first-order valence-electron chi connectivity index (χ1n) is 6.81. The molecule has 0 spiro atoms. The van der Waals surface area contributed by atoms with Crippen LogP contribution >= 0.6 is 23.1 Å². The molecule has 0 aliphatic rings. The molecule has 0 bridgehead atoms. The highest BCUT2D eigenvalue weighted by Crippen LogP contribution is 2.37. The standard InChI is InChI=1S/C16H15N3OS2/c1-9-10(2)21-15-14(9)16(18-8-17-15)22-13-6-4-12(5-7-13)19-11(3)20/h4-8H,1-3H3,(H,19,20). The zero-order chi connectivity index (χ0) is 15.7. The second-order valence-electron chi connectivity index (χ2n) is 4.95. The third-order valence-corrected chi connectivity index (χ3v) is 5.45. The van der Waals surface area contributed by atoms with Crippen molar-refractivity contribution in [2.75, 3.05) is 5.32 Å². The van der Waals surface area contributed by atoms with Gasteiger partial charge < -0.3 is 5.32 Å². The van der Waals surface area contributed by atoms with Gasteiger partial charge in [0.05, 0.1) is 0 Å². The Morgan fingerprint density at radius 1 is 1.18 bits per heavy atom. The molecule has 22 heavy (non-hydrogen) atoms. The Hall–Kier alpha value is -1.92. The summed E-state index contributed by atoms with van der Waals surface area (Å²) in [6, 6.07) is 7.76. The number of nitrogens with one attached hydrogen (secondary N) is 1. The topological polar surface area (TPSA) is 54.9 Å². The van der Waals surface area contributed by atoms with E-state index in [1.165, 1.54) is 17.4 Å². The van der Waals surface area contributed by atoms with Crippen LogP contribution in [-0.4, -0.2) is 15.9 Å². The van der Waals surface area contributed by atoms with Crippen molar-refractivity contribution in [3.05, 3.63) is 41.0 Å². The number of hydrogen-bond acceptors (Lipinski definition) is 5. The number of nitrogens with zero attached hydrogens (tertiary/aromatic N) is 2. The number of hydrogen-bond donors (Lipinski definition) is 1. The molecule has 2 heterocycles. The number of anilines is 1. The van der Waals surface area contributed by atoms with E-state index in [2.05, 4.69) is 29.1 Å². The van der Waals surface area contributed by atoms with E-state index in [1.807, 2.05) is 24.3 Å². The van der Waals surface area contributed by atoms with Crippen molar-refractivity contribution in [2.24, 2.45) is 0 Å². The van der Waals surface area contributed by atoms with Crippen molar-refractivity contribution in [3.8, 4) is 0 Å². The number of fused-ring (bicyclic) bond motifs is 1. The predicted molar refractivity (Wildman–Crippen MR) is 91.8 cm³/mol. The summed E-state index contributed by atoms with van der Waals surface area (Å²) in [5.41, 5.74) is 2.05. The van der Waals surface area contributed by atoms with Crippen LogP contribution in [0.1, 0.15) is 17.4 Å². The fourth-order valence-corrected chi connectivity index (χ4v) is 4.16. The highest BCUT2D eigenvalue weighted by Gasteiger charge is 2.12. The monoisotopic (exact) mass is 329 g/mol. The lowest BCUT2D eigenvalue weighted by molar-refractivity contribution is -0.114. The summed E-state index contributed by atoms with van der Waals surface area (Å²) in [6.45, 7) is 5.72. The number of aryl methyl sites for hydroxylation is 2. The second kappa shape index (κ2) is 6.06. The Kier molecular flexibility index (Phi) is 4.13. The predicted octanol–water partition coefficient (Wildman–Crippen LogP) is 4.42.